The van der Waals surface area contributed by atoms with Gasteiger partial charge in [0.1, 0.15) is 5.82 Å². The number of hydrogen-bond acceptors (Lipinski definition) is 3. The average molecular weight is 289 g/mol. The molecule has 0 fully saturated rings. The van der Waals surface area contributed by atoms with Crippen molar-refractivity contribution in [3.05, 3.63) is 30.1 Å². The Kier molecular flexibility index (Phi) is 5.01. The maximum Gasteiger partial charge on any atom is 0.111 e. The minimum absolute atomic E-state index is 0.219. The summed E-state index contributed by atoms with van der Waals surface area (Å²) in [6.07, 6.45) is 0.853. The summed E-state index contributed by atoms with van der Waals surface area (Å²) in [7, 11) is 2.08. The summed E-state index contributed by atoms with van der Waals surface area (Å²) in [6.45, 7) is 10.1. The van der Waals surface area contributed by atoms with Crippen molar-refractivity contribution in [1.29, 1.82) is 0 Å². The van der Waals surface area contributed by atoms with E-state index in [0.29, 0.717) is 0 Å². The van der Waals surface area contributed by atoms with Crippen molar-refractivity contribution in [2.24, 2.45) is 7.05 Å². The lowest BCUT2D eigenvalue weighted by molar-refractivity contribution is -0.0382. The van der Waals surface area contributed by atoms with E-state index in [1.807, 2.05) is 13.0 Å². The number of rotatable bonds is 7. The zero-order chi connectivity index (χ0) is 15.5. The molecule has 2 rings (SSSR count). The zero-order valence-electron chi connectivity index (χ0n) is 13.8. The van der Waals surface area contributed by atoms with Crippen molar-refractivity contribution in [2.75, 3.05) is 13.2 Å². The molecular weight excluding hydrogens is 262 g/mol. The van der Waals surface area contributed by atoms with Crippen LogP contribution in [0.4, 0.5) is 0 Å². The van der Waals surface area contributed by atoms with Crippen molar-refractivity contribution < 1.29 is 4.74 Å². The number of nitrogens with one attached hydrogen (secondary N) is 1. The smallest absolute Gasteiger partial charge is 0.111 e. The minimum atomic E-state index is -0.219. The number of likely N-dealkylation sites (N-methyl/N-ethyl adjacent to an activating group) is 1. The molecule has 1 unspecified atom stereocenters. The molecule has 0 aliphatic rings. The van der Waals surface area contributed by atoms with Gasteiger partial charge in [-0.05, 0) is 39.4 Å². The summed E-state index contributed by atoms with van der Waals surface area (Å²) in [4.78, 5) is 4.78. The monoisotopic (exact) mass is 289 g/mol. The predicted octanol–water partition coefficient (Wildman–Crippen LogP) is 2.91. The molecule has 0 radical (unpaired) electrons. The largest absolute Gasteiger partial charge is 0.374 e. The molecule has 1 atom stereocenters. The molecule has 0 aliphatic carbocycles. The van der Waals surface area contributed by atoms with E-state index in [9.17, 15) is 0 Å². The number of ether oxygens (including phenoxy) is 1. The molecule has 4 heteroatoms. The van der Waals surface area contributed by atoms with E-state index in [1.165, 1.54) is 5.52 Å². The lowest BCUT2D eigenvalue weighted by Gasteiger charge is -2.34. The van der Waals surface area contributed by atoms with Gasteiger partial charge in [-0.15, -0.1) is 0 Å². The summed E-state index contributed by atoms with van der Waals surface area (Å²) < 4.78 is 8.11. The van der Waals surface area contributed by atoms with Crippen LogP contribution >= 0.6 is 0 Å². The molecule has 2 aromatic rings. The van der Waals surface area contributed by atoms with Crippen LogP contribution in [-0.4, -0.2) is 34.3 Å². The second kappa shape index (κ2) is 6.58. The van der Waals surface area contributed by atoms with Gasteiger partial charge in [0.25, 0.3) is 0 Å². The van der Waals surface area contributed by atoms with Gasteiger partial charge in [0.15, 0.2) is 0 Å². The molecule has 1 heterocycles. The van der Waals surface area contributed by atoms with Crippen LogP contribution in [0, 0.1) is 0 Å². The Morgan fingerprint density at radius 2 is 2.00 bits per heavy atom. The molecule has 116 valence electrons. The van der Waals surface area contributed by atoms with Crippen LogP contribution in [0.1, 0.15) is 33.5 Å². The van der Waals surface area contributed by atoms with Gasteiger partial charge in [-0.3, -0.25) is 0 Å². The Labute approximate surface area is 127 Å². The fourth-order valence-corrected chi connectivity index (χ4v) is 2.84. The maximum atomic E-state index is 5.93. The molecule has 1 N–H and O–H groups in total. The predicted molar refractivity (Wildman–Crippen MR) is 87.6 cm³/mol. The van der Waals surface area contributed by atoms with Crippen LogP contribution in [0.2, 0.25) is 0 Å². The second-order valence-corrected chi connectivity index (χ2v) is 5.93. The third-order valence-corrected chi connectivity index (χ3v) is 4.07. The van der Waals surface area contributed by atoms with Gasteiger partial charge in [-0.25, -0.2) is 4.98 Å². The normalized spacial score (nSPS) is 13.8. The number of benzene rings is 1. The van der Waals surface area contributed by atoms with E-state index < -0.39 is 0 Å². The summed E-state index contributed by atoms with van der Waals surface area (Å²) in [5.41, 5.74) is 2.01. The van der Waals surface area contributed by atoms with E-state index in [1.54, 1.807) is 0 Å². The van der Waals surface area contributed by atoms with Crippen molar-refractivity contribution in [3.63, 3.8) is 0 Å². The number of aryl methyl sites for hydroxylation is 1. The fourth-order valence-electron chi connectivity index (χ4n) is 2.84. The van der Waals surface area contributed by atoms with Gasteiger partial charge >= 0.3 is 0 Å². The van der Waals surface area contributed by atoms with Crippen LogP contribution in [0.25, 0.3) is 11.0 Å². The Morgan fingerprint density at radius 3 is 2.62 bits per heavy atom. The number of hydrogen-bond donors (Lipinski definition) is 1. The molecule has 21 heavy (non-hydrogen) atoms. The fraction of sp³-hybridized carbons (Fsp3) is 0.588. The van der Waals surface area contributed by atoms with Crippen LogP contribution in [0.3, 0.4) is 0 Å². The Bertz CT molecular complexity index is 589. The Balaban J connectivity index is 2.28. The quantitative estimate of drug-likeness (QED) is 0.852. The van der Waals surface area contributed by atoms with Crippen LogP contribution in [0.5, 0.6) is 0 Å². The average Bonchev–Trinajstić information content (AvgIpc) is 2.75. The highest BCUT2D eigenvalue weighted by Crippen LogP contribution is 2.21. The summed E-state index contributed by atoms with van der Waals surface area (Å²) >= 11 is 0. The van der Waals surface area contributed by atoms with Crippen LogP contribution in [0.15, 0.2) is 24.3 Å². The van der Waals surface area contributed by atoms with E-state index in [-0.39, 0.29) is 11.6 Å². The van der Waals surface area contributed by atoms with Crippen molar-refractivity contribution in [1.82, 2.24) is 14.9 Å². The molecule has 0 aliphatic heterocycles. The molecule has 0 bridgehead atoms. The molecular formula is C17H27N3O. The molecule has 1 aromatic carbocycles. The number of fused-ring (bicyclic) bond motifs is 1. The van der Waals surface area contributed by atoms with Crippen molar-refractivity contribution in [2.45, 2.75) is 45.8 Å². The molecule has 0 spiro atoms. The van der Waals surface area contributed by atoms with Crippen LogP contribution in [-0.2, 0) is 18.2 Å². The standard InChI is InChI=1S/C17H27N3O/c1-6-18-15(17(3,4)21-7-2)12-16-19-13-10-8-9-11-14(13)20(16)5/h8-11,15,18H,6-7,12H2,1-5H3. The molecule has 4 nitrogen and oxygen atoms in total. The molecule has 0 saturated carbocycles. The highest BCUT2D eigenvalue weighted by atomic mass is 16.5. The SMILES string of the molecule is CCNC(Cc1nc2ccccc2n1C)C(C)(C)OCC. The number of imidazole rings is 1. The first-order chi connectivity index (χ1) is 9.99. The molecule has 0 amide bonds. The maximum absolute atomic E-state index is 5.93. The lowest BCUT2D eigenvalue weighted by atomic mass is 9.95. The lowest BCUT2D eigenvalue weighted by Crippen LogP contribution is -2.50. The van der Waals surface area contributed by atoms with E-state index in [4.69, 9.17) is 9.72 Å². The van der Waals surface area contributed by atoms with E-state index in [2.05, 4.69) is 55.9 Å². The molecule has 0 saturated heterocycles. The van der Waals surface area contributed by atoms with Gasteiger partial charge in [0.05, 0.1) is 16.6 Å². The third-order valence-electron chi connectivity index (χ3n) is 4.07. The number of nitrogens with zero attached hydrogens (tertiary/aromatic N) is 2. The summed E-state index contributed by atoms with van der Waals surface area (Å²) in [5.74, 6) is 1.09. The van der Waals surface area contributed by atoms with Gasteiger partial charge in [-0.1, -0.05) is 19.1 Å². The van der Waals surface area contributed by atoms with Crippen molar-refractivity contribution in [3.8, 4) is 0 Å². The van der Waals surface area contributed by atoms with Crippen LogP contribution < -0.4 is 5.32 Å². The topological polar surface area (TPSA) is 39.1 Å². The summed E-state index contributed by atoms with van der Waals surface area (Å²) in [6, 6.07) is 8.50. The third kappa shape index (κ3) is 3.44. The zero-order valence-corrected chi connectivity index (χ0v) is 13.8. The van der Waals surface area contributed by atoms with E-state index in [0.717, 1.165) is 30.9 Å². The first-order valence-corrected chi connectivity index (χ1v) is 7.77. The first-order valence-electron chi connectivity index (χ1n) is 7.77. The van der Waals surface area contributed by atoms with Gasteiger partial charge < -0.3 is 14.6 Å². The van der Waals surface area contributed by atoms with Gasteiger partial charge in [0.2, 0.25) is 0 Å². The number of para-hydroxylation sites is 2. The molecule has 1 aromatic heterocycles. The highest BCUT2D eigenvalue weighted by molar-refractivity contribution is 5.75. The van der Waals surface area contributed by atoms with Gasteiger partial charge in [-0.2, -0.15) is 0 Å². The Hall–Kier alpha value is -1.39. The van der Waals surface area contributed by atoms with Gasteiger partial charge in [0, 0.05) is 26.1 Å². The number of aromatic nitrogens is 2. The summed E-state index contributed by atoms with van der Waals surface area (Å²) in [5, 5.41) is 3.55. The van der Waals surface area contributed by atoms with Crippen molar-refractivity contribution >= 4 is 11.0 Å². The Morgan fingerprint density at radius 1 is 1.29 bits per heavy atom. The minimum Gasteiger partial charge on any atom is -0.374 e. The first kappa shape index (κ1) is 16.0. The van der Waals surface area contributed by atoms with E-state index >= 15 is 0 Å². The highest BCUT2D eigenvalue weighted by Gasteiger charge is 2.30. The second-order valence-electron chi connectivity index (χ2n) is 5.93.